The molecule has 0 spiro atoms. The molecule has 5 N–H and O–H groups in total. The molecule has 0 aromatic heterocycles. The quantitative estimate of drug-likeness (QED) is 0.435. The molecule has 0 radical (unpaired) electrons. The predicted molar refractivity (Wildman–Crippen MR) is 51.7 cm³/mol. The molecule has 5 heteroatoms. The lowest BCUT2D eigenvalue weighted by atomic mass is 9.91. The maximum absolute atomic E-state index is 10.7. The van der Waals surface area contributed by atoms with Gasteiger partial charge < -0.3 is 21.1 Å². The Kier molecular flexibility index (Phi) is 5.37. The van der Waals surface area contributed by atoms with Crippen molar-refractivity contribution in [2.24, 2.45) is 5.73 Å². The van der Waals surface area contributed by atoms with E-state index in [1.165, 1.54) is 0 Å². The molecule has 0 heterocycles. The van der Waals surface area contributed by atoms with Gasteiger partial charge >= 0.3 is 5.97 Å². The van der Waals surface area contributed by atoms with E-state index < -0.39 is 24.2 Å². The summed E-state index contributed by atoms with van der Waals surface area (Å²) < 4.78 is 0. The van der Waals surface area contributed by atoms with Crippen LogP contribution in [0.5, 0.6) is 0 Å². The average molecular weight is 203 g/mol. The molecule has 0 saturated carbocycles. The molecule has 2 atom stereocenters. The molecular weight excluding hydrogens is 186 g/mol. The monoisotopic (exact) mass is 203 g/mol. The van der Waals surface area contributed by atoms with Crippen LogP contribution < -0.4 is 5.73 Å². The zero-order chi connectivity index (χ0) is 11.2. The van der Waals surface area contributed by atoms with Gasteiger partial charge in [-0.2, -0.15) is 0 Å². The lowest BCUT2D eigenvalue weighted by Gasteiger charge is -2.27. The van der Waals surface area contributed by atoms with Gasteiger partial charge in [0.2, 0.25) is 0 Å². The van der Waals surface area contributed by atoms with Crippen LogP contribution in [0.15, 0.2) is 12.2 Å². The highest BCUT2D eigenvalue weighted by atomic mass is 16.4. The first-order chi connectivity index (χ1) is 6.49. The summed E-state index contributed by atoms with van der Waals surface area (Å²) in [6, 6.07) is 0. The van der Waals surface area contributed by atoms with Crippen molar-refractivity contribution in [1.82, 2.24) is 0 Å². The molecule has 0 bridgehead atoms. The smallest absolute Gasteiger partial charge is 0.328 e. The molecule has 0 aliphatic carbocycles. The van der Waals surface area contributed by atoms with Crippen molar-refractivity contribution < 1.29 is 20.1 Å². The maximum atomic E-state index is 10.7. The van der Waals surface area contributed by atoms with Crippen molar-refractivity contribution in [3.8, 4) is 0 Å². The van der Waals surface area contributed by atoms with Crippen LogP contribution in [-0.4, -0.2) is 39.5 Å². The molecular formula is C9H17NO4. The van der Waals surface area contributed by atoms with Crippen LogP contribution in [0.3, 0.4) is 0 Å². The van der Waals surface area contributed by atoms with Crippen LogP contribution in [-0.2, 0) is 4.79 Å². The molecule has 0 saturated heterocycles. The number of carbonyl (C=O) groups is 1. The second-order valence-corrected chi connectivity index (χ2v) is 3.17. The molecule has 0 aliphatic rings. The molecule has 14 heavy (non-hydrogen) atoms. The number of allylic oxidation sites excluding steroid dienone is 2. The van der Waals surface area contributed by atoms with Crippen LogP contribution in [0, 0.1) is 0 Å². The number of aliphatic hydroxyl groups is 2. The van der Waals surface area contributed by atoms with Crippen LogP contribution in [0.2, 0.25) is 0 Å². The number of carboxylic acids is 1. The second-order valence-electron chi connectivity index (χ2n) is 3.17. The van der Waals surface area contributed by atoms with Gasteiger partial charge in [-0.05, 0) is 19.8 Å². The van der Waals surface area contributed by atoms with Crippen molar-refractivity contribution in [3.05, 3.63) is 12.2 Å². The summed E-state index contributed by atoms with van der Waals surface area (Å²) in [5.41, 5.74) is 3.39. The Balaban J connectivity index is 4.31. The van der Waals surface area contributed by atoms with E-state index in [2.05, 4.69) is 0 Å². The third kappa shape index (κ3) is 3.10. The summed E-state index contributed by atoms with van der Waals surface area (Å²) in [4.78, 5) is 10.7. The second kappa shape index (κ2) is 5.74. The van der Waals surface area contributed by atoms with Gasteiger partial charge in [-0.3, -0.25) is 4.79 Å². The minimum atomic E-state index is -1.96. The highest BCUT2D eigenvalue weighted by molar-refractivity contribution is 5.79. The summed E-state index contributed by atoms with van der Waals surface area (Å²) in [6.07, 6.45) is 3.09. The number of rotatable bonds is 6. The first-order valence-electron chi connectivity index (χ1n) is 4.41. The highest BCUT2D eigenvalue weighted by Gasteiger charge is 2.40. The number of hydrogen-bond donors (Lipinski definition) is 4. The largest absolute Gasteiger partial charge is 0.480 e. The fraction of sp³-hybridized carbons (Fsp3) is 0.667. The first-order valence-corrected chi connectivity index (χ1v) is 4.41. The maximum Gasteiger partial charge on any atom is 0.328 e. The fourth-order valence-corrected chi connectivity index (χ4v) is 0.994. The summed E-state index contributed by atoms with van der Waals surface area (Å²) in [7, 11) is 0. The summed E-state index contributed by atoms with van der Waals surface area (Å²) >= 11 is 0. The van der Waals surface area contributed by atoms with E-state index in [-0.39, 0.29) is 6.42 Å². The van der Waals surface area contributed by atoms with Crippen molar-refractivity contribution in [3.63, 3.8) is 0 Å². The van der Waals surface area contributed by atoms with Crippen LogP contribution >= 0.6 is 0 Å². The highest BCUT2D eigenvalue weighted by Crippen LogP contribution is 2.12. The van der Waals surface area contributed by atoms with E-state index in [4.69, 9.17) is 15.9 Å². The number of carboxylic acid groups (broad SMARTS) is 1. The zero-order valence-electron chi connectivity index (χ0n) is 8.18. The Bertz CT molecular complexity index is 217. The fourth-order valence-electron chi connectivity index (χ4n) is 0.994. The lowest BCUT2D eigenvalue weighted by Crippen LogP contribution is -2.60. The van der Waals surface area contributed by atoms with Crippen molar-refractivity contribution in [2.45, 2.75) is 31.4 Å². The topological polar surface area (TPSA) is 104 Å². The van der Waals surface area contributed by atoms with Crippen LogP contribution in [0.25, 0.3) is 0 Å². The molecule has 0 amide bonds. The SMILES string of the molecule is C/C=C/CCC(O)C(N)(CO)C(=O)O. The predicted octanol–water partition coefficient (Wildman–Crippen LogP) is -0.522. The molecule has 0 rings (SSSR count). The van der Waals surface area contributed by atoms with Crippen LogP contribution in [0.4, 0.5) is 0 Å². The van der Waals surface area contributed by atoms with Crippen molar-refractivity contribution in [2.75, 3.05) is 6.61 Å². The Morgan fingerprint density at radius 2 is 2.21 bits per heavy atom. The van der Waals surface area contributed by atoms with Gasteiger partial charge in [0, 0.05) is 0 Å². The first kappa shape index (κ1) is 13.1. The van der Waals surface area contributed by atoms with Gasteiger partial charge in [-0.25, -0.2) is 0 Å². The molecule has 0 fully saturated rings. The molecule has 0 aliphatic heterocycles. The number of aliphatic hydroxyl groups excluding tert-OH is 2. The van der Waals surface area contributed by atoms with Gasteiger partial charge in [0.05, 0.1) is 12.7 Å². The van der Waals surface area contributed by atoms with E-state index in [1.54, 1.807) is 12.2 Å². The Hall–Kier alpha value is -0.910. The van der Waals surface area contributed by atoms with Gasteiger partial charge in [-0.15, -0.1) is 0 Å². The minimum Gasteiger partial charge on any atom is -0.480 e. The van der Waals surface area contributed by atoms with E-state index >= 15 is 0 Å². The zero-order valence-corrected chi connectivity index (χ0v) is 8.18. The van der Waals surface area contributed by atoms with E-state index in [1.807, 2.05) is 6.92 Å². The lowest BCUT2D eigenvalue weighted by molar-refractivity contribution is -0.150. The van der Waals surface area contributed by atoms with Gasteiger partial charge in [0.1, 0.15) is 0 Å². The third-order valence-corrected chi connectivity index (χ3v) is 2.10. The van der Waals surface area contributed by atoms with Crippen LogP contribution in [0.1, 0.15) is 19.8 Å². The van der Waals surface area contributed by atoms with Crippen molar-refractivity contribution in [1.29, 1.82) is 0 Å². The Labute approximate surface area is 82.9 Å². The third-order valence-electron chi connectivity index (χ3n) is 2.10. The number of nitrogens with two attached hydrogens (primary N) is 1. The van der Waals surface area contributed by atoms with Crippen molar-refractivity contribution >= 4 is 5.97 Å². The standard InChI is InChI=1S/C9H17NO4/c1-2-3-4-5-7(12)9(10,6-11)8(13)14/h2-3,7,11-12H,4-6,10H2,1H3,(H,13,14)/b3-2+. The van der Waals surface area contributed by atoms with Gasteiger partial charge in [0.25, 0.3) is 0 Å². The molecule has 0 aromatic carbocycles. The van der Waals surface area contributed by atoms with E-state index in [0.29, 0.717) is 6.42 Å². The molecule has 5 nitrogen and oxygen atoms in total. The minimum absolute atomic E-state index is 0.216. The van der Waals surface area contributed by atoms with Gasteiger partial charge in [-0.1, -0.05) is 12.2 Å². The van der Waals surface area contributed by atoms with E-state index in [9.17, 15) is 9.90 Å². The summed E-state index contributed by atoms with van der Waals surface area (Å²) in [5.74, 6) is -1.40. The summed E-state index contributed by atoms with van der Waals surface area (Å²) in [5, 5.41) is 27.0. The number of aliphatic carboxylic acids is 1. The Morgan fingerprint density at radius 3 is 2.57 bits per heavy atom. The summed E-state index contributed by atoms with van der Waals surface area (Å²) in [6.45, 7) is 1.05. The Morgan fingerprint density at radius 1 is 1.64 bits per heavy atom. The average Bonchev–Trinajstić information content (AvgIpc) is 2.16. The normalized spacial score (nSPS) is 18.0. The van der Waals surface area contributed by atoms with E-state index in [0.717, 1.165) is 0 Å². The molecule has 82 valence electrons. The molecule has 2 unspecified atom stereocenters. The van der Waals surface area contributed by atoms with Gasteiger partial charge in [0.15, 0.2) is 5.54 Å². The molecule has 0 aromatic rings. The number of hydrogen-bond acceptors (Lipinski definition) is 4.